The van der Waals surface area contributed by atoms with Crippen LogP contribution in [0.25, 0.3) is 0 Å². The van der Waals surface area contributed by atoms with Crippen LogP contribution in [0.15, 0.2) is 58.5 Å². The van der Waals surface area contributed by atoms with E-state index in [4.69, 9.17) is 9.47 Å². The third-order valence-electron chi connectivity index (χ3n) is 9.00. The van der Waals surface area contributed by atoms with Gasteiger partial charge in [0.05, 0.1) is 4.90 Å². The molecule has 4 heterocycles. The standard InChI is InChI=1S/C30H36N4O6S/c1-30(36,23-3-2-4-25(15-23)32-11-9-31(10-12-32)24-5-6-24)29(35)33-17-21-19-34(20-22(21)18-33)41(37,38)26-7-8-27-28(16-26)40-14-13-39-27/h2-4,7-8,15-16,24,36H,5-6,9-14,17-20H2,1H3. The van der Waals surface area contributed by atoms with E-state index < -0.39 is 15.6 Å². The second-order valence-electron chi connectivity index (χ2n) is 11.8. The molecule has 1 atom stereocenters. The van der Waals surface area contributed by atoms with E-state index in [9.17, 15) is 18.3 Å². The van der Waals surface area contributed by atoms with Gasteiger partial charge in [-0.3, -0.25) is 9.69 Å². The highest BCUT2D eigenvalue weighted by Crippen LogP contribution is 2.37. The van der Waals surface area contributed by atoms with Crippen LogP contribution in [0.2, 0.25) is 0 Å². The fourth-order valence-electron chi connectivity index (χ4n) is 6.41. The molecule has 5 aliphatic rings. The Bertz CT molecular complexity index is 1490. The topological polar surface area (TPSA) is 103 Å². The highest BCUT2D eigenvalue weighted by atomic mass is 32.2. The zero-order valence-electron chi connectivity index (χ0n) is 23.3. The Kier molecular flexibility index (Phi) is 6.53. The minimum Gasteiger partial charge on any atom is -0.486 e. The maximum atomic E-state index is 13.6. The van der Waals surface area contributed by atoms with E-state index in [0.717, 1.165) is 49.1 Å². The summed E-state index contributed by atoms with van der Waals surface area (Å²) in [6, 6.07) is 13.1. The summed E-state index contributed by atoms with van der Waals surface area (Å²) < 4.78 is 39.3. The van der Waals surface area contributed by atoms with Crippen molar-refractivity contribution in [2.75, 3.05) is 70.5 Å². The molecule has 4 aliphatic heterocycles. The Balaban J connectivity index is 0.998. The van der Waals surface area contributed by atoms with Gasteiger partial charge < -0.3 is 24.4 Å². The maximum Gasteiger partial charge on any atom is 0.259 e. The number of carbonyl (C=O) groups excluding carboxylic acids is 1. The number of fused-ring (bicyclic) bond motifs is 1. The zero-order valence-corrected chi connectivity index (χ0v) is 24.1. The first kappa shape index (κ1) is 26.8. The monoisotopic (exact) mass is 580 g/mol. The van der Waals surface area contributed by atoms with E-state index >= 15 is 0 Å². The molecule has 10 nitrogen and oxygen atoms in total. The maximum absolute atomic E-state index is 13.6. The number of piperazine rings is 1. The number of aliphatic hydroxyl groups is 1. The Morgan fingerprint density at radius 3 is 2.27 bits per heavy atom. The van der Waals surface area contributed by atoms with Crippen molar-refractivity contribution >= 4 is 21.6 Å². The normalized spacial score (nSPS) is 23.1. The van der Waals surface area contributed by atoms with Crippen molar-refractivity contribution in [1.82, 2.24) is 14.1 Å². The van der Waals surface area contributed by atoms with E-state index in [-0.39, 0.29) is 23.9 Å². The SMILES string of the molecule is CC(O)(C(=O)N1CC2=C(C1)CN(S(=O)(=O)c1ccc3c(c1)OCCO3)C2)c1cccc(N2CCN(C3CC3)CC2)c1. The van der Waals surface area contributed by atoms with Crippen LogP contribution < -0.4 is 14.4 Å². The van der Waals surface area contributed by atoms with Crippen LogP contribution in [-0.2, 0) is 20.4 Å². The number of amides is 1. The molecule has 2 aromatic rings. The van der Waals surface area contributed by atoms with E-state index in [1.807, 2.05) is 18.2 Å². The third kappa shape index (κ3) is 4.88. The first-order valence-corrected chi connectivity index (χ1v) is 15.8. The second kappa shape index (κ2) is 10.0. The van der Waals surface area contributed by atoms with Crippen molar-refractivity contribution in [2.45, 2.75) is 36.3 Å². The van der Waals surface area contributed by atoms with E-state index in [1.165, 1.54) is 23.2 Å². The van der Waals surface area contributed by atoms with Crippen LogP contribution in [0.4, 0.5) is 5.69 Å². The molecule has 0 aromatic heterocycles. The molecular formula is C30H36N4O6S. The van der Waals surface area contributed by atoms with Crippen molar-refractivity contribution in [3.05, 3.63) is 59.2 Å². The van der Waals surface area contributed by atoms with Gasteiger partial charge in [-0.05, 0) is 60.7 Å². The van der Waals surface area contributed by atoms with Gasteiger partial charge in [-0.2, -0.15) is 4.31 Å². The zero-order chi connectivity index (χ0) is 28.4. The number of rotatable bonds is 6. The molecule has 0 spiro atoms. The van der Waals surface area contributed by atoms with E-state index in [1.54, 1.807) is 30.0 Å². The molecule has 7 rings (SSSR count). The number of sulfonamides is 1. The van der Waals surface area contributed by atoms with Gasteiger partial charge >= 0.3 is 0 Å². The fraction of sp³-hybridized carbons (Fsp3) is 0.500. The largest absolute Gasteiger partial charge is 0.486 e. The Hall–Kier alpha value is -3.12. The predicted octanol–water partition coefficient (Wildman–Crippen LogP) is 1.79. The lowest BCUT2D eigenvalue weighted by Crippen LogP contribution is -2.47. The lowest BCUT2D eigenvalue weighted by Gasteiger charge is -2.37. The van der Waals surface area contributed by atoms with Gasteiger partial charge in [-0.1, -0.05) is 12.1 Å². The van der Waals surface area contributed by atoms with Gasteiger partial charge in [-0.15, -0.1) is 0 Å². The number of nitrogens with zero attached hydrogens (tertiary/aromatic N) is 4. The van der Waals surface area contributed by atoms with Crippen LogP contribution >= 0.6 is 0 Å². The summed E-state index contributed by atoms with van der Waals surface area (Å²) in [6.45, 7) is 7.38. The van der Waals surface area contributed by atoms with Gasteiger partial charge in [0.15, 0.2) is 17.1 Å². The number of anilines is 1. The average Bonchev–Trinajstić information content (AvgIpc) is 3.65. The van der Waals surface area contributed by atoms with Crippen molar-refractivity contribution in [1.29, 1.82) is 0 Å². The van der Waals surface area contributed by atoms with Crippen molar-refractivity contribution < 1.29 is 27.8 Å². The average molecular weight is 581 g/mol. The fourth-order valence-corrected chi connectivity index (χ4v) is 7.86. The highest BCUT2D eigenvalue weighted by Gasteiger charge is 2.43. The van der Waals surface area contributed by atoms with E-state index in [0.29, 0.717) is 43.4 Å². The van der Waals surface area contributed by atoms with Crippen LogP contribution in [0.5, 0.6) is 11.5 Å². The van der Waals surface area contributed by atoms with Gasteiger partial charge in [-0.25, -0.2) is 8.42 Å². The minimum absolute atomic E-state index is 0.160. The quantitative estimate of drug-likeness (QED) is 0.516. The summed E-state index contributed by atoms with van der Waals surface area (Å²) in [4.78, 5) is 20.3. The van der Waals surface area contributed by atoms with Crippen LogP contribution in [0.3, 0.4) is 0 Å². The summed E-state index contributed by atoms with van der Waals surface area (Å²) >= 11 is 0. The van der Waals surface area contributed by atoms with Crippen molar-refractivity contribution in [3.8, 4) is 11.5 Å². The lowest BCUT2D eigenvalue weighted by atomic mass is 9.93. The Labute approximate surface area is 240 Å². The second-order valence-corrected chi connectivity index (χ2v) is 13.8. The molecule has 0 radical (unpaired) electrons. The van der Waals surface area contributed by atoms with Gasteiger partial charge in [0, 0.05) is 70.2 Å². The molecular weight excluding hydrogens is 544 g/mol. The molecule has 1 amide bonds. The molecule has 1 saturated heterocycles. The summed E-state index contributed by atoms with van der Waals surface area (Å²) in [5, 5.41) is 11.5. The Morgan fingerprint density at radius 2 is 1.59 bits per heavy atom. The smallest absolute Gasteiger partial charge is 0.259 e. The van der Waals surface area contributed by atoms with Crippen LogP contribution in [0, 0.1) is 0 Å². The molecule has 41 heavy (non-hydrogen) atoms. The van der Waals surface area contributed by atoms with Crippen LogP contribution in [-0.4, -0.2) is 105 Å². The highest BCUT2D eigenvalue weighted by molar-refractivity contribution is 7.89. The first-order valence-electron chi connectivity index (χ1n) is 14.4. The molecule has 1 aliphatic carbocycles. The summed E-state index contributed by atoms with van der Waals surface area (Å²) in [5.41, 5.74) is 1.73. The van der Waals surface area contributed by atoms with Crippen molar-refractivity contribution in [3.63, 3.8) is 0 Å². The minimum atomic E-state index is -3.75. The summed E-state index contributed by atoms with van der Waals surface area (Å²) in [5.74, 6) is 0.601. The molecule has 2 fully saturated rings. The molecule has 1 saturated carbocycles. The number of ether oxygens (including phenoxy) is 2. The summed E-state index contributed by atoms with van der Waals surface area (Å²) in [7, 11) is -3.75. The van der Waals surface area contributed by atoms with E-state index in [2.05, 4.69) is 9.80 Å². The Morgan fingerprint density at radius 1 is 0.902 bits per heavy atom. The third-order valence-corrected chi connectivity index (χ3v) is 10.8. The number of carbonyl (C=O) groups is 1. The molecule has 1 unspecified atom stereocenters. The molecule has 11 heteroatoms. The molecule has 0 bridgehead atoms. The van der Waals surface area contributed by atoms with Gasteiger partial charge in [0.2, 0.25) is 10.0 Å². The van der Waals surface area contributed by atoms with Gasteiger partial charge in [0.25, 0.3) is 5.91 Å². The number of benzene rings is 2. The van der Waals surface area contributed by atoms with Crippen molar-refractivity contribution in [2.24, 2.45) is 0 Å². The lowest BCUT2D eigenvalue weighted by molar-refractivity contribution is -0.149. The van der Waals surface area contributed by atoms with Crippen LogP contribution in [0.1, 0.15) is 25.3 Å². The number of hydrogen-bond donors (Lipinski definition) is 1. The molecule has 218 valence electrons. The molecule has 1 N–H and O–H groups in total. The predicted molar refractivity (Wildman–Crippen MR) is 153 cm³/mol. The first-order chi connectivity index (χ1) is 19.7. The summed E-state index contributed by atoms with van der Waals surface area (Å²) in [6.07, 6.45) is 2.62. The molecule has 2 aromatic carbocycles. The number of hydrogen-bond acceptors (Lipinski definition) is 8. The van der Waals surface area contributed by atoms with Gasteiger partial charge in [0.1, 0.15) is 13.2 Å².